The van der Waals surface area contributed by atoms with Crippen LogP contribution in [0.25, 0.3) is 16.6 Å². The summed E-state index contributed by atoms with van der Waals surface area (Å²) >= 11 is 0. The highest BCUT2D eigenvalue weighted by Crippen LogP contribution is 2.34. The molecule has 1 fully saturated rings. The molecule has 3 aromatic rings. The molecule has 1 aliphatic carbocycles. The third-order valence-electron chi connectivity index (χ3n) is 5.36. The number of aromatic amines is 1. The maximum absolute atomic E-state index is 12.7. The number of aromatic nitrogens is 3. The van der Waals surface area contributed by atoms with E-state index in [-0.39, 0.29) is 5.56 Å². The minimum atomic E-state index is -0.164. The number of ether oxygens (including phenoxy) is 1. The number of hydrogen-bond acceptors (Lipinski definition) is 6. The minimum Gasteiger partial charge on any atom is -0.743 e. The Morgan fingerprint density at radius 3 is 2.85 bits per heavy atom. The van der Waals surface area contributed by atoms with Crippen molar-refractivity contribution in [2.75, 3.05) is 32.5 Å². The fourth-order valence-electron chi connectivity index (χ4n) is 3.88. The lowest BCUT2D eigenvalue weighted by atomic mass is 10.1. The highest BCUT2D eigenvalue weighted by molar-refractivity contribution is 5.82. The molecule has 8 nitrogen and oxygen atoms in total. The van der Waals surface area contributed by atoms with Crippen molar-refractivity contribution >= 4 is 22.2 Å². The van der Waals surface area contributed by atoms with Crippen molar-refractivity contribution in [1.82, 2.24) is 19.4 Å². The number of anilines is 1. The normalized spacial score (nSPS) is 15.4. The zero-order valence-corrected chi connectivity index (χ0v) is 15.6. The van der Waals surface area contributed by atoms with Crippen molar-refractivity contribution < 1.29 is 4.74 Å². The number of H-pyrrole nitrogens is 1. The fraction of sp³-hybridized carbons (Fsp3) is 0.474. The molecule has 0 aliphatic heterocycles. The second kappa shape index (κ2) is 7.30. The first-order valence-electron chi connectivity index (χ1n) is 9.31. The van der Waals surface area contributed by atoms with Crippen LogP contribution in [0, 0.1) is 5.21 Å². The van der Waals surface area contributed by atoms with E-state index in [1.807, 2.05) is 10.5 Å². The van der Waals surface area contributed by atoms with Crippen LogP contribution in [-0.2, 0) is 4.74 Å². The summed E-state index contributed by atoms with van der Waals surface area (Å²) in [5.74, 6) is 1.27. The van der Waals surface area contributed by atoms with E-state index >= 15 is 0 Å². The summed E-state index contributed by atoms with van der Waals surface area (Å²) in [6.45, 7) is 0.950. The first kappa shape index (κ1) is 18.0. The van der Waals surface area contributed by atoms with Crippen molar-refractivity contribution in [3.05, 3.63) is 45.8 Å². The number of methoxy groups -OCH3 is 1. The second-order valence-electron chi connectivity index (χ2n) is 7.12. The molecule has 1 saturated carbocycles. The van der Waals surface area contributed by atoms with Crippen molar-refractivity contribution in [3.63, 3.8) is 0 Å². The molecule has 0 bridgehead atoms. The number of nitrogens with one attached hydrogen (secondary N) is 1. The zero-order valence-electron chi connectivity index (χ0n) is 15.6. The van der Waals surface area contributed by atoms with Gasteiger partial charge in [0.25, 0.3) is 5.56 Å². The minimum absolute atomic E-state index is 0.164. The number of likely N-dealkylation sites (N-methyl/N-ethyl adjacent to an activating group) is 1. The molecule has 0 spiro atoms. The molecule has 27 heavy (non-hydrogen) atoms. The van der Waals surface area contributed by atoms with E-state index in [0.717, 1.165) is 29.4 Å². The van der Waals surface area contributed by atoms with E-state index in [2.05, 4.69) is 9.97 Å². The first-order valence-corrected chi connectivity index (χ1v) is 9.31. The average molecular weight is 370 g/mol. The van der Waals surface area contributed by atoms with Crippen molar-refractivity contribution in [2.45, 2.75) is 31.6 Å². The summed E-state index contributed by atoms with van der Waals surface area (Å²) in [5.41, 5.74) is 2.35. The van der Waals surface area contributed by atoms with Gasteiger partial charge in [-0.05, 0) is 31.0 Å². The van der Waals surface area contributed by atoms with Gasteiger partial charge in [-0.15, -0.1) is 0 Å². The Kier molecular flexibility index (Phi) is 4.86. The average Bonchev–Trinajstić information content (AvgIpc) is 3.35. The maximum atomic E-state index is 12.7. The summed E-state index contributed by atoms with van der Waals surface area (Å²) < 4.78 is 6.97. The Labute approximate surface area is 156 Å². The predicted molar refractivity (Wildman–Crippen MR) is 105 cm³/mol. The lowest BCUT2D eigenvalue weighted by Gasteiger charge is -2.39. The Balaban J connectivity index is 1.84. The molecule has 144 valence electrons. The van der Waals surface area contributed by atoms with Gasteiger partial charge in [0.1, 0.15) is 11.3 Å². The van der Waals surface area contributed by atoms with E-state index in [1.54, 1.807) is 37.5 Å². The van der Waals surface area contributed by atoms with Gasteiger partial charge in [-0.2, -0.15) is 0 Å². The molecule has 0 radical (unpaired) electrons. The van der Waals surface area contributed by atoms with Gasteiger partial charge in [0.15, 0.2) is 0 Å². The van der Waals surface area contributed by atoms with Gasteiger partial charge >= 0.3 is 0 Å². The zero-order chi connectivity index (χ0) is 19.0. The Bertz CT molecular complexity index is 1010. The molecular weight excluding hydrogens is 346 g/mol. The molecular formula is C19H24N5O3-. The van der Waals surface area contributed by atoms with Gasteiger partial charge in [0.05, 0.1) is 23.8 Å². The van der Waals surface area contributed by atoms with Gasteiger partial charge in [-0.3, -0.25) is 9.20 Å². The molecule has 2 heterocycles. The molecule has 0 saturated heterocycles. The Hall–Kier alpha value is -2.42. The van der Waals surface area contributed by atoms with E-state index in [0.29, 0.717) is 35.8 Å². The molecule has 1 N–H and O–H groups in total. The second-order valence-corrected chi connectivity index (χ2v) is 7.12. The summed E-state index contributed by atoms with van der Waals surface area (Å²) in [7, 11) is 3.33. The summed E-state index contributed by atoms with van der Waals surface area (Å²) in [6, 6.07) is 5.31. The van der Waals surface area contributed by atoms with Crippen molar-refractivity contribution in [2.24, 2.45) is 0 Å². The lowest BCUT2D eigenvalue weighted by Crippen LogP contribution is -2.37. The van der Waals surface area contributed by atoms with Crippen LogP contribution in [0.4, 0.5) is 5.69 Å². The molecule has 4 rings (SSSR count). The highest BCUT2D eigenvalue weighted by Gasteiger charge is 2.23. The van der Waals surface area contributed by atoms with Gasteiger partial charge < -0.3 is 20.1 Å². The molecule has 0 unspecified atom stereocenters. The van der Waals surface area contributed by atoms with Crippen LogP contribution >= 0.6 is 0 Å². The molecule has 1 aliphatic rings. The lowest BCUT2D eigenvalue weighted by molar-refractivity contribution is 0.161. The number of hydrazine groups is 1. The maximum Gasteiger partial charge on any atom is 0.274 e. The van der Waals surface area contributed by atoms with Gasteiger partial charge in [-0.1, -0.05) is 12.8 Å². The number of benzene rings is 1. The number of nitrogens with zero attached hydrogens (tertiary/aromatic N) is 4. The third kappa shape index (κ3) is 3.20. The Morgan fingerprint density at radius 1 is 1.33 bits per heavy atom. The molecule has 2 aromatic heterocycles. The summed E-state index contributed by atoms with van der Waals surface area (Å²) in [6.07, 6.45) is 6.18. The van der Waals surface area contributed by atoms with Crippen molar-refractivity contribution in [1.29, 1.82) is 0 Å². The standard InChI is InChI=1S/C19H24N5O3/c1-22(9-10-27-2)24(26)14-7-8-15-16(11-14)23-17(19(25)21-15)12-20-18(23)13-5-3-4-6-13/h7-8,11-13H,3-6,9-10H2,1-2H3,(H,21,25)/q-1. The smallest absolute Gasteiger partial charge is 0.274 e. The topological polar surface area (TPSA) is 88.9 Å². The van der Waals surface area contributed by atoms with E-state index in [1.165, 1.54) is 12.8 Å². The fourth-order valence-corrected chi connectivity index (χ4v) is 3.88. The van der Waals surface area contributed by atoms with Crippen LogP contribution in [0.2, 0.25) is 0 Å². The van der Waals surface area contributed by atoms with Crippen LogP contribution in [0.1, 0.15) is 37.4 Å². The monoisotopic (exact) mass is 370 g/mol. The molecule has 1 aromatic carbocycles. The number of imidazole rings is 1. The Morgan fingerprint density at radius 2 is 2.11 bits per heavy atom. The molecule has 0 amide bonds. The third-order valence-corrected chi connectivity index (χ3v) is 5.36. The predicted octanol–water partition coefficient (Wildman–Crippen LogP) is 2.63. The highest BCUT2D eigenvalue weighted by atomic mass is 16.6. The summed E-state index contributed by atoms with van der Waals surface area (Å²) in [5, 5.41) is 15.1. The molecule has 0 atom stereocenters. The van der Waals surface area contributed by atoms with E-state index in [4.69, 9.17) is 4.74 Å². The van der Waals surface area contributed by atoms with Crippen LogP contribution in [0.15, 0.2) is 29.2 Å². The molecule has 8 heteroatoms. The van der Waals surface area contributed by atoms with Gasteiger partial charge in [0, 0.05) is 32.3 Å². The van der Waals surface area contributed by atoms with Crippen LogP contribution in [-0.4, -0.2) is 46.7 Å². The van der Waals surface area contributed by atoms with E-state index in [9.17, 15) is 10.0 Å². The first-order chi connectivity index (χ1) is 13.1. The van der Waals surface area contributed by atoms with Crippen LogP contribution < -0.4 is 10.7 Å². The van der Waals surface area contributed by atoms with E-state index < -0.39 is 0 Å². The van der Waals surface area contributed by atoms with Gasteiger partial charge in [0.2, 0.25) is 0 Å². The number of rotatable bonds is 6. The van der Waals surface area contributed by atoms with Crippen LogP contribution in [0.5, 0.6) is 0 Å². The quantitative estimate of drug-likeness (QED) is 0.671. The number of hydrogen-bond donors (Lipinski definition) is 1. The van der Waals surface area contributed by atoms with Crippen molar-refractivity contribution in [3.8, 4) is 0 Å². The number of fused-ring (bicyclic) bond motifs is 3. The van der Waals surface area contributed by atoms with Crippen LogP contribution in [0.3, 0.4) is 0 Å². The largest absolute Gasteiger partial charge is 0.743 e. The summed E-state index contributed by atoms with van der Waals surface area (Å²) in [4.78, 5) is 19.9. The van der Waals surface area contributed by atoms with Gasteiger partial charge in [-0.25, -0.2) is 9.99 Å². The SMILES string of the molecule is COCCN(C)N([O-])c1ccc2[nH]c(=O)c3cnc(C4CCCC4)n3c2c1.